The highest BCUT2D eigenvalue weighted by atomic mass is 16.3. The molecule has 0 atom stereocenters. The molecule has 5 aromatic rings. The van der Waals surface area contributed by atoms with Gasteiger partial charge in [0.15, 0.2) is 6.29 Å². The number of benzene rings is 5. The normalized spacial score (nSPS) is 12.6. The minimum absolute atomic E-state index is 0.0795. The van der Waals surface area contributed by atoms with Gasteiger partial charge in [-0.1, -0.05) is 48.2 Å². The topological polar surface area (TPSA) is 98.0 Å². The predicted molar refractivity (Wildman–Crippen MR) is 148 cm³/mol. The van der Waals surface area contributed by atoms with Crippen LogP contribution in [0.1, 0.15) is 43.7 Å². The summed E-state index contributed by atoms with van der Waals surface area (Å²) < 4.78 is 0. The number of fused-ring (bicyclic) bond motifs is 3. The number of phenols is 4. The van der Waals surface area contributed by atoms with Gasteiger partial charge in [0, 0.05) is 16.7 Å². The van der Waals surface area contributed by atoms with Crippen molar-refractivity contribution in [2.24, 2.45) is 0 Å². The molecule has 0 aliphatic heterocycles. The molecule has 4 N–H and O–H groups in total. The van der Waals surface area contributed by atoms with E-state index in [1.165, 1.54) is 0 Å². The lowest BCUT2D eigenvalue weighted by molar-refractivity contribution is 0.112. The summed E-state index contributed by atoms with van der Waals surface area (Å²) in [5.41, 5.74) is 5.38. The van der Waals surface area contributed by atoms with E-state index in [2.05, 4.69) is 11.8 Å². The van der Waals surface area contributed by atoms with E-state index >= 15 is 0 Å². The largest absolute Gasteiger partial charge is 0.508 e. The zero-order valence-corrected chi connectivity index (χ0v) is 20.6. The van der Waals surface area contributed by atoms with Gasteiger partial charge >= 0.3 is 0 Å². The maximum Gasteiger partial charge on any atom is 0.151 e. The lowest BCUT2D eigenvalue weighted by Crippen LogP contribution is -2.29. The van der Waals surface area contributed by atoms with E-state index in [4.69, 9.17) is 0 Å². The van der Waals surface area contributed by atoms with Crippen molar-refractivity contribution in [1.29, 1.82) is 0 Å². The van der Waals surface area contributed by atoms with Crippen LogP contribution in [0.3, 0.4) is 0 Å². The van der Waals surface area contributed by atoms with E-state index in [0.29, 0.717) is 16.7 Å². The number of hydrogen-bond acceptors (Lipinski definition) is 5. The van der Waals surface area contributed by atoms with Gasteiger partial charge in [-0.25, -0.2) is 0 Å². The molecular weight excluding hydrogens is 488 g/mol. The van der Waals surface area contributed by atoms with Crippen LogP contribution < -0.4 is 0 Å². The summed E-state index contributed by atoms with van der Waals surface area (Å²) >= 11 is 0. The molecule has 0 heterocycles. The van der Waals surface area contributed by atoms with Gasteiger partial charge in [0.2, 0.25) is 0 Å². The molecule has 0 aromatic heterocycles. The van der Waals surface area contributed by atoms with Crippen molar-refractivity contribution in [3.8, 4) is 46.0 Å². The zero-order chi connectivity index (χ0) is 27.1. The average Bonchev–Trinajstić information content (AvgIpc) is 3.23. The summed E-state index contributed by atoms with van der Waals surface area (Å²) in [5, 5.41) is 40.6. The van der Waals surface area contributed by atoms with Crippen LogP contribution in [0, 0.1) is 11.8 Å². The second-order valence-electron chi connectivity index (χ2n) is 9.44. The van der Waals surface area contributed by atoms with E-state index in [1.807, 2.05) is 36.4 Å². The number of aldehydes is 1. The standard InChI is InChI=1S/C34H22O5/c35-20-22-4-17-31-30-18-15-28(39)19-32(30)34(23-5-11-26(37)12-6-23,24-7-13-27(38)14-8-24)33(31)29(22)16-3-21-1-9-25(36)10-2-21/h1-2,4-15,17-20,36-39H. The molecular formula is C34H22O5. The number of phenolic OH excluding ortho intramolecular Hbond substituents is 4. The van der Waals surface area contributed by atoms with Gasteiger partial charge < -0.3 is 20.4 Å². The first-order valence-corrected chi connectivity index (χ1v) is 12.3. The molecule has 0 saturated heterocycles. The van der Waals surface area contributed by atoms with Crippen LogP contribution in [0.2, 0.25) is 0 Å². The highest BCUT2D eigenvalue weighted by Crippen LogP contribution is 2.58. The molecule has 0 fully saturated rings. The van der Waals surface area contributed by atoms with Crippen molar-refractivity contribution in [3.05, 3.63) is 142 Å². The number of hydrogen-bond donors (Lipinski definition) is 4. The van der Waals surface area contributed by atoms with Crippen LogP contribution in [0.4, 0.5) is 0 Å². The Labute approximate surface area is 224 Å². The quantitative estimate of drug-likeness (QED) is 0.171. The van der Waals surface area contributed by atoms with Crippen molar-refractivity contribution in [3.63, 3.8) is 0 Å². The van der Waals surface area contributed by atoms with Gasteiger partial charge in [0.1, 0.15) is 23.0 Å². The van der Waals surface area contributed by atoms with Gasteiger partial charge in [-0.05, 0) is 100 Å². The zero-order valence-electron chi connectivity index (χ0n) is 20.6. The number of rotatable bonds is 3. The highest BCUT2D eigenvalue weighted by molar-refractivity contribution is 5.93. The van der Waals surface area contributed by atoms with Crippen LogP contribution in [-0.4, -0.2) is 26.7 Å². The summed E-state index contributed by atoms with van der Waals surface area (Å²) in [6, 6.07) is 29.0. The molecule has 0 spiro atoms. The number of carbonyl (C=O) groups is 1. The third-order valence-corrected chi connectivity index (χ3v) is 7.24. The molecule has 0 bridgehead atoms. The van der Waals surface area contributed by atoms with Crippen LogP contribution >= 0.6 is 0 Å². The minimum atomic E-state index is -1.04. The second-order valence-corrected chi connectivity index (χ2v) is 9.44. The Morgan fingerprint density at radius 2 is 1.08 bits per heavy atom. The first kappa shape index (κ1) is 23.9. The molecule has 0 radical (unpaired) electrons. The maximum absolute atomic E-state index is 12.4. The molecule has 5 heteroatoms. The van der Waals surface area contributed by atoms with Crippen molar-refractivity contribution >= 4 is 6.29 Å². The van der Waals surface area contributed by atoms with E-state index in [-0.39, 0.29) is 23.0 Å². The van der Waals surface area contributed by atoms with Crippen LogP contribution in [0.5, 0.6) is 23.0 Å². The summed E-state index contributed by atoms with van der Waals surface area (Å²) in [6.45, 7) is 0. The average molecular weight is 511 g/mol. The smallest absolute Gasteiger partial charge is 0.151 e. The second kappa shape index (κ2) is 9.13. The molecule has 1 aliphatic rings. The Balaban J connectivity index is 1.77. The molecule has 5 nitrogen and oxygen atoms in total. The van der Waals surface area contributed by atoms with Gasteiger partial charge in [0.25, 0.3) is 0 Å². The van der Waals surface area contributed by atoms with Crippen molar-refractivity contribution in [2.75, 3.05) is 0 Å². The number of carbonyl (C=O) groups excluding carboxylic acids is 1. The van der Waals surface area contributed by atoms with Crippen molar-refractivity contribution in [2.45, 2.75) is 5.41 Å². The fraction of sp³-hybridized carbons (Fsp3) is 0.0294. The lowest BCUT2D eigenvalue weighted by Gasteiger charge is -2.35. The molecule has 6 rings (SSSR count). The Morgan fingerprint density at radius 3 is 1.64 bits per heavy atom. The van der Waals surface area contributed by atoms with E-state index < -0.39 is 5.41 Å². The Kier molecular flexibility index (Phi) is 5.59. The molecule has 0 saturated carbocycles. The highest BCUT2D eigenvalue weighted by Gasteiger charge is 2.48. The Morgan fingerprint density at radius 1 is 0.564 bits per heavy atom. The van der Waals surface area contributed by atoms with E-state index in [1.54, 1.807) is 66.7 Å². The Bertz CT molecular complexity index is 1740. The van der Waals surface area contributed by atoms with Gasteiger partial charge in [-0.15, -0.1) is 0 Å². The lowest BCUT2D eigenvalue weighted by atomic mass is 9.66. The first-order chi connectivity index (χ1) is 18.9. The SMILES string of the molecule is O=Cc1ccc2c(c1C#Cc1ccc(O)cc1)C(c1ccc(O)cc1)(c1ccc(O)cc1)c1cc(O)ccc1-2. The van der Waals surface area contributed by atoms with Gasteiger partial charge in [0.05, 0.1) is 5.41 Å². The summed E-state index contributed by atoms with van der Waals surface area (Å²) in [5.74, 6) is 6.79. The first-order valence-electron chi connectivity index (χ1n) is 12.3. The van der Waals surface area contributed by atoms with Crippen LogP contribution in [0.15, 0.2) is 103 Å². The maximum atomic E-state index is 12.4. The molecule has 39 heavy (non-hydrogen) atoms. The molecule has 188 valence electrons. The fourth-order valence-corrected chi connectivity index (χ4v) is 5.55. The minimum Gasteiger partial charge on any atom is -0.508 e. The summed E-state index contributed by atoms with van der Waals surface area (Å²) in [6.07, 6.45) is 0.778. The monoisotopic (exact) mass is 510 g/mol. The van der Waals surface area contributed by atoms with E-state index in [9.17, 15) is 25.2 Å². The van der Waals surface area contributed by atoms with Gasteiger partial charge in [-0.3, -0.25) is 4.79 Å². The fourth-order valence-electron chi connectivity index (χ4n) is 5.55. The molecule has 0 unspecified atom stereocenters. The van der Waals surface area contributed by atoms with Gasteiger partial charge in [-0.2, -0.15) is 0 Å². The number of aromatic hydroxyl groups is 4. The summed E-state index contributed by atoms with van der Waals surface area (Å²) in [7, 11) is 0. The molecule has 5 aromatic carbocycles. The third kappa shape index (κ3) is 3.78. The van der Waals surface area contributed by atoms with Crippen LogP contribution in [0.25, 0.3) is 11.1 Å². The van der Waals surface area contributed by atoms with Crippen molar-refractivity contribution in [1.82, 2.24) is 0 Å². The summed E-state index contributed by atoms with van der Waals surface area (Å²) in [4.78, 5) is 12.4. The third-order valence-electron chi connectivity index (χ3n) is 7.24. The predicted octanol–water partition coefficient (Wildman–Crippen LogP) is 6.08. The Hall–Kier alpha value is -5.47. The van der Waals surface area contributed by atoms with Crippen LogP contribution in [-0.2, 0) is 5.41 Å². The molecule has 1 aliphatic carbocycles. The van der Waals surface area contributed by atoms with E-state index in [0.717, 1.165) is 39.7 Å². The van der Waals surface area contributed by atoms with Crippen molar-refractivity contribution < 1.29 is 25.2 Å². The molecule has 0 amide bonds.